The zero-order valence-electron chi connectivity index (χ0n) is 13.7. The zero-order valence-corrected chi connectivity index (χ0v) is 14.5. The van der Waals surface area contributed by atoms with Crippen molar-refractivity contribution < 1.29 is 14.7 Å². The maximum absolute atomic E-state index is 12.3. The molecule has 2 N–H and O–H groups in total. The van der Waals surface area contributed by atoms with Gasteiger partial charge in [0, 0.05) is 17.0 Å². The van der Waals surface area contributed by atoms with Gasteiger partial charge in [-0.1, -0.05) is 30.4 Å². The number of aromatic carboxylic acids is 1. The van der Waals surface area contributed by atoms with Crippen molar-refractivity contribution in [2.45, 2.75) is 6.92 Å². The van der Waals surface area contributed by atoms with Gasteiger partial charge >= 0.3 is 5.97 Å². The lowest BCUT2D eigenvalue weighted by molar-refractivity contribution is -0.112. The Bertz CT molecular complexity index is 882. The van der Waals surface area contributed by atoms with Crippen LogP contribution in [0.4, 0.5) is 5.69 Å². The number of nitrogens with one attached hydrogen (secondary N) is 1. The number of carbonyl (C=O) groups excluding carboxylic acids is 1. The van der Waals surface area contributed by atoms with Crippen molar-refractivity contribution in [1.29, 1.82) is 0 Å². The molecule has 3 rings (SSSR count). The second-order valence-electron chi connectivity index (χ2n) is 5.68. The summed E-state index contributed by atoms with van der Waals surface area (Å²) in [5, 5.41) is 13.8. The molecule has 2 aromatic rings. The van der Waals surface area contributed by atoms with Crippen molar-refractivity contribution in [3.05, 3.63) is 76.7 Å². The Hall–Kier alpha value is -2.79. The van der Waals surface area contributed by atoms with Gasteiger partial charge in [0.05, 0.1) is 5.56 Å². The van der Waals surface area contributed by atoms with Crippen LogP contribution < -0.4 is 5.32 Å². The Morgan fingerprint density at radius 2 is 1.88 bits per heavy atom. The number of anilines is 1. The highest BCUT2D eigenvalue weighted by Gasteiger charge is 2.11. The van der Waals surface area contributed by atoms with Crippen LogP contribution in [0.3, 0.4) is 0 Å². The van der Waals surface area contributed by atoms with E-state index in [0.29, 0.717) is 11.3 Å². The van der Waals surface area contributed by atoms with Gasteiger partial charge < -0.3 is 10.4 Å². The first-order chi connectivity index (χ1) is 12.0. The van der Waals surface area contributed by atoms with Crippen LogP contribution in [0, 0.1) is 6.92 Å². The molecule has 0 bridgehead atoms. The summed E-state index contributed by atoms with van der Waals surface area (Å²) >= 11 is 1.59. The maximum atomic E-state index is 12.3. The van der Waals surface area contributed by atoms with Gasteiger partial charge in [-0.25, -0.2) is 4.79 Å². The summed E-state index contributed by atoms with van der Waals surface area (Å²) in [5.74, 6) is -0.201. The van der Waals surface area contributed by atoms with E-state index in [9.17, 15) is 9.59 Å². The van der Waals surface area contributed by atoms with Gasteiger partial charge in [0.1, 0.15) is 0 Å². The van der Waals surface area contributed by atoms with Crippen molar-refractivity contribution in [2.75, 3.05) is 11.1 Å². The number of carbonyl (C=O) groups is 2. The smallest absolute Gasteiger partial charge is 0.335 e. The lowest BCUT2D eigenvalue weighted by atomic mass is 9.98. The molecule has 0 fully saturated rings. The van der Waals surface area contributed by atoms with Crippen LogP contribution in [-0.2, 0) is 4.79 Å². The van der Waals surface area contributed by atoms with E-state index in [0.717, 1.165) is 22.4 Å². The van der Waals surface area contributed by atoms with Crippen LogP contribution >= 0.6 is 11.8 Å². The van der Waals surface area contributed by atoms with Gasteiger partial charge in [0.15, 0.2) is 0 Å². The molecule has 2 aromatic carbocycles. The van der Waals surface area contributed by atoms with E-state index >= 15 is 0 Å². The maximum Gasteiger partial charge on any atom is 0.335 e. The van der Waals surface area contributed by atoms with E-state index < -0.39 is 5.97 Å². The van der Waals surface area contributed by atoms with E-state index in [4.69, 9.17) is 5.11 Å². The first-order valence-corrected chi connectivity index (χ1v) is 8.83. The third-order valence-electron chi connectivity index (χ3n) is 3.90. The quantitative estimate of drug-likeness (QED) is 0.852. The highest BCUT2D eigenvalue weighted by molar-refractivity contribution is 8.02. The van der Waals surface area contributed by atoms with Crippen molar-refractivity contribution >= 4 is 29.3 Å². The molecule has 1 amide bonds. The van der Waals surface area contributed by atoms with Crippen molar-refractivity contribution in [1.82, 2.24) is 0 Å². The Balaban J connectivity index is 1.85. The van der Waals surface area contributed by atoms with Crippen LogP contribution in [-0.4, -0.2) is 22.7 Å². The van der Waals surface area contributed by atoms with Crippen LogP contribution in [0.25, 0.3) is 11.1 Å². The number of thioether (sulfide) groups is 1. The number of aryl methyl sites for hydroxylation is 1. The number of amides is 1. The number of hydrogen-bond acceptors (Lipinski definition) is 3. The zero-order chi connectivity index (χ0) is 17.8. The average molecular weight is 351 g/mol. The third-order valence-corrected chi connectivity index (χ3v) is 4.71. The van der Waals surface area contributed by atoms with Crippen molar-refractivity contribution in [3.8, 4) is 11.1 Å². The average Bonchev–Trinajstić information content (AvgIpc) is 2.64. The summed E-state index contributed by atoms with van der Waals surface area (Å²) in [5.41, 5.74) is 4.51. The molecule has 0 saturated heterocycles. The topological polar surface area (TPSA) is 66.4 Å². The summed E-state index contributed by atoms with van der Waals surface area (Å²) in [4.78, 5) is 23.3. The normalized spacial score (nSPS) is 13.2. The molecule has 5 heteroatoms. The lowest BCUT2D eigenvalue weighted by Gasteiger charge is -2.12. The first-order valence-electron chi connectivity index (χ1n) is 7.78. The molecule has 0 spiro atoms. The number of carboxylic acids is 1. The van der Waals surface area contributed by atoms with Gasteiger partial charge in [-0.05, 0) is 53.3 Å². The monoisotopic (exact) mass is 351 g/mol. The Kier molecular flexibility index (Phi) is 5.05. The Morgan fingerprint density at radius 1 is 1.12 bits per heavy atom. The van der Waals surface area contributed by atoms with E-state index in [2.05, 4.69) is 5.32 Å². The Labute approximate surface area is 150 Å². The predicted octanol–water partition coefficient (Wildman–Crippen LogP) is 4.49. The number of hydrogen-bond donors (Lipinski definition) is 2. The van der Waals surface area contributed by atoms with Crippen LogP contribution in [0.2, 0.25) is 0 Å². The Morgan fingerprint density at radius 3 is 2.52 bits per heavy atom. The molecule has 0 aromatic heterocycles. The SMILES string of the molecule is Cc1ccc(NC(=O)C2=CSCC=C2)cc1-c1ccc(C(=O)O)cc1. The second kappa shape index (κ2) is 7.40. The molecule has 0 radical (unpaired) electrons. The molecule has 1 aliphatic heterocycles. The fourth-order valence-electron chi connectivity index (χ4n) is 2.54. The predicted molar refractivity (Wildman–Crippen MR) is 102 cm³/mol. The minimum atomic E-state index is -0.948. The van der Waals surface area contributed by atoms with Crippen LogP contribution in [0.1, 0.15) is 15.9 Å². The van der Waals surface area contributed by atoms with E-state index in [1.165, 1.54) is 0 Å². The summed E-state index contributed by atoms with van der Waals surface area (Å²) in [6.45, 7) is 1.98. The van der Waals surface area contributed by atoms with Gasteiger partial charge in [-0.2, -0.15) is 0 Å². The van der Waals surface area contributed by atoms with E-state index in [-0.39, 0.29) is 11.5 Å². The highest BCUT2D eigenvalue weighted by atomic mass is 32.2. The fourth-order valence-corrected chi connectivity index (χ4v) is 3.21. The van der Waals surface area contributed by atoms with Crippen LogP contribution in [0.15, 0.2) is 65.6 Å². The van der Waals surface area contributed by atoms with Gasteiger partial charge in [-0.15, -0.1) is 11.8 Å². The number of rotatable bonds is 4. The van der Waals surface area contributed by atoms with Gasteiger partial charge in [-0.3, -0.25) is 4.79 Å². The van der Waals surface area contributed by atoms with Gasteiger partial charge in [0.2, 0.25) is 0 Å². The summed E-state index contributed by atoms with van der Waals surface area (Å²) in [6.07, 6.45) is 3.79. The van der Waals surface area contributed by atoms with Gasteiger partial charge in [0.25, 0.3) is 5.91 Å². The van der Waals surface area contributed by atoms with E-state index in [1.807, 2.05) is 42.7 Å². The minimum absolute atomic E-state index is 0.139. The lowest BCUT2D eigenvalue weighted by Crippen LogP contribution is -2.14. The fraction of sp³-hybridized carbons (Fsp3) is 0.100. The van der Waals surface area contributed by atoms with Crippen molar-refractivity contribution in [2.24, 2.45) is 0 Å². The summed E-state index contributed by atoms with van der Waals surface area (Å²) in [6, 6.07) is 12.4. The largest absolute Gasteiger partial charge is 0.478 e. The standard InChI is InChI=1S/C20H17NO3S/c1-13-4-9-17(21-19(22)16-3-2-10-25-12-16)11-18(13)14-5-7-15(8-6-14)20(23)24/h2-9,11-12H,10H2,1H3,(H,21,22)(H,23,24). The molecule has 0 atom stereocenters. The molecular weight excluding hydrogens is 334 g/mol. The number of carboxylic acid groups (broad SMARTS) is 1. The summed E-state index contributed by atoms with van der Waals surface area (Å²) in [7, 11) is 0. The number of benzene rings is 2. The summed E-state index contributed by atoms with van der Waals surface area (Å²) < 4.78 is 0. The first kappa shape index (κ1) is 17.0. The molecule has 0 saturated carbocycles. The molecule has 0 unspecified atom stereocenters. The third kappa shape index (κ3) is 4.00. The molecule has 25 heavy (non-hydrogen) atoms. The highest BCUT2D eigenvalue weighted by Crippen LogP contribution is 2.27. The minimum Gasteiger partial charge on any atom is -0.478 e. The van der Waals surface area contributed by atoms with E-state index in [1.54, 1.807) is 36.0 Å². The van der Waals surface area contributed by atoms with Crippen molar-refractivity contribution in [3.63, 3.8) is 0 Å². The molecule has 1 heterocycles. The molecular formula is C20H17NO3S. The molecule has 4 nitrogen and oxygen atoms in total. The molecule has 1 aliphatic rings. The second-order valence-corrected chi connectivity index (χ2v) is 6.58. The van der Waals surface area contributed by atoms with Crippen LogP contribution in [0.5, 0.6) is 0 Å². The molecule has 0 aliphatic carbocycles. The molecule has 126 valence electrons.